The minimum atomic E-state index is 1.10. The van der Waals surface area contributed by atoms with E-state index >= 15 is 0 Å². The number of aromatic amines is 1. The number of H-pyrrole nitrogens is 1. The molecular formula is C10H18N2. The van der Waals surface area contributed by atoms with Gasteiger partial charge >= 0.3 is 0 Å². The summed E-state index contributed by atoms with van der Waals surface area (Å²) < 4.78 is 0. The Balaban J connectivity index is 2.45. The Bertz CT molecular complexity index is 238. The Labute approximate surface area is 74.4 Å². The lowest BCUT2D eigenvalue weighted by molar-refractivity contribution is 0.723. The first-order chi connectivity index (χ1) is 5.74. The third-order valence-corrected chi connectivity index (χ3v) is 2.13. The molecule has 1 heterocycles. The third-order valence-electron chi connectivity index (χ3n) is 2.13. The van der Waals surface area contributed by atoms with E-state index in [2.05, 4.69) is 30.2 Å². The van der Waals surface area contributed by atoms with Gasteiger partial charge in [-0.15, -0.1) is 0 Å². The molecule has 0 fully saturated rings. The lowest BCUT2D eigenvalue weighted by atomic mass is 10.1. The van der Waals surface area contributed by atoms with Gasteiger partial charge in [0.05, 0.1) is 0 Å². The highest BCUT2D eigenvalue weighted by Crippen LogP contribution is 2.10. The van der Waals surface area contributed by atoms with Crippen molar-refractivity contribution in [2.45, 2.75) is 26.7 Å². The van der Waals surface area contributed by atoms with Crippen molar-refractivity contribution in [2.75, 3.05) is 13.6 Å². The van der Waals surface area contributed by atoms with Gasteiger partial charge < -0.3 is 10.3 Å². The zero-order chi connectivity index (χ0) is 8.97. The van der Waals surface area contributed by atoms with Gasteiger partial charge in [-0.25, -0.2) is 0 Å². The molecule has 2 N–H and O–H groups in total. The quantitative estimate of drug-likeness (QED) is 0.656. The van der Waals surface area contributed by atoms with E-state index in [9.17, 15) is 0 Å². The minimum Gasteiger partial charge on any atom is -0.362 e. The van der Waals surface area contributed by atoms with Gasteiger partial charge in [-0.3, -0.25) is 0 Å². The average Bonchev–Trinajstić information content (AvgIpc) is 2.31. The molecule has 2 nitrogen and oxygen atoms in total. The fourth-order valence-electron chi connectivity index (χ4n) is 1.50. The maximum absolute atomic E-state index is 3.31. The van der Waals surface area contributed by atoms with E-state index in [1.807, 2.05) is 7.05 Å². The standard InChI is InChI=1S/C10H18N2/c1-8-7-10(9(2)12-8)5-4-6-11-3/h7,11-12H,4-6H2,1-3H3. The van der Waals surface area contributed by atoms with E-state index < -0.39 is 0 Å². The Kier molecular flexibility index (Phi) is 3.35. The van der Waals surface area contributed by atoms with Crippen LogP contribution in [0.1, 0.15) is 23.4 Å². The first kappa shape index (κ1) is 9.33. The van der Waals surface area contributed by atoms with Gasteiger partial charge in [0.2, 0.25) is 0 Å². The number of nitrogens with one attached hydrogen (secondary N) is 2. The molecule has 68 valence electrons. The molecule has 1 rings (SSSR count). The molecule has 12 heavy (non-hydrogen) atoms. The Morgan fingerprint density at radius 3 is 2.67 bits per heavy atom. The molecule has 0 amide bonds. The Morgan fingerprint density at radius 2 is 2.17 bits per heavy atom. The fraction of sp³-hybridized carbons (Fsp3) is 0.600. The number of hydrogen-bond donors (Lipinski definition) is 2. The number of aryl methyl sites for hydroxylation is 3. The summed E-state index contributed by atoms with van der Waals surface area (Å²) in [5, 5.41) is 3.15. The Hall–Kier alpha value is -0.760. The summed E-state index contributed by atoms with van der Waals surface area (Å²) in [6.45, 7) is 5.35. The molecule has 0 aliphatic carbocycles. The van der Waals surface area contributed by atoms with Gasteiger partial charge in [0.15, 0.2) is 0 Å². The monoisotopic (exact) mass is 166 g/mol. The molecule has 2 heteroatoms. The van der Waals surface area contributed by atoms with Crippen LogP contribution in [0.2, 0.25) is 0 Å². The van der Waals surface area contributed by atoms with Crippen LogP contribution < -0.4 is 5.32 Å². The van der Waals surface area contributed by atoms with Gasteiger partial charge in [0, 0.05) is 11.4 Å². The van der Waals surface area contributed by atoms with Crippen molar-refractivity contribution >= 4 is 0 Å². The fourth-order valence-corrected chi connectivity index (χ4v) is 1.50. The van der Waals surface area contributed by atoms with Crippen LogP contribution in [0.3, 0.4) is 0 Å². The predicted molar refractivity (Wildman–Crippen MR) is 52.5 cm³/mol. The van der Waals surface area contributed by atoms with Crippen LogP contribution in [-0.4, -0.2) is 18.6 Å². The van der Waals surface area contributed by atoms with Crippen molar-refractivity contribution in [3.8, 4) is 0 Å². The van der Waals surface area contributed by atoms with Crippen LogP contribution in [0.15, 0.2) is 6.07 Å². The first-order valence-corrected chi connectivity index (χ1v) is 4.53. The number of rotatable bonds is 4. The zero-order valence-electron chi connectivity index (χ0n) is 8.20. The lowest BCUT2D eigenvalue weighted by Crippen LogP contribution is -2.08. The van der Waals surface area contributed by atoms with Crippen LogP contribution in [0.4, 0.5) is 0 Å². The summed E-state index contributed by atoms with van der Waals surface area (Å²) in [4.78, 5) is 3.31. The van der Waals surface area contributed by atoms with Crippen molar-refractivity contribution in [2.24, 2.45) is 0 Å². The molecule has 0 saturated heterocycles. The molecule has 1 aromatic rings. The normalized spacial score (nSPS) is 10.6. The second-order valence-electron chi connectivity index (χ2n) is 3.31. The van der Waals surface area contributed by atoms with E-state index in [4.69, 9.17) is 0 Å². The van der Waals surface area contributed by atoms with Crippen molar-refractivity contribution < 1.29 is 0 Å². The van der Waals surface area contributed by atoms with Crippen molar-refractivity contribution in [3.05, 3.63) is 23.0 Å². The van der Waals surface area contributed by atoms with Gasteiger partial charge in [0.25, 0.3) is 0 Å². The molecule has 0 unspecified atom stereocenters. The first-order valence-electron chi connectivity index (χ1n) is 4.53. The molecule has 0 bridgehead atoms. The smallest absolute Gasteiger partial charge is 0.0150 e. The van der Waals surface area contributed by atoms with E-state index in [0.717, 1.165) is 6.54 Å². The highest BCUT2D eigenvalue weighted by molar-refractivity contribution is 5.24. The van der Waals surface area contributed by atoms with Crippen LogP contribution in [0.25, 0.3) is 0 Å². The van der Waals surface area contributed by atoms with Crippen LogP contribution >= 0.6 is 0 Å². The minimum absolute atomic E-state index is 1.10. The van der Waals surface area contributed by atoms with Crippen LogP contribution in [0, 0.1) is 13.8 Å². The molecule has 0 atom stereocenters. The van der Waals surface area contributed by atoms with Crippen molar-refractivity contribution in [3.63, 3.8) is 0 Å². The molecular weight excluding hydrogens is 148 g/mol. The molecule has 0 radical (unpaired) electrons. The second-order valence-corrected chi connectivity index (χ2v) is 3.31. The molecule has 0 saturated carbocycles. The highest BCUT2D eigenvalue weighted by atomic mass is 14.8. The molecule has 0 aromatic carbocycles. The largest absolute Gasteiger partial charge is 0.362 e. The van der Waals surface area contributed by atoms with Gasteiger partial charge in [-0.2, -0.15) is 0 Å². The lowest BCUT2D eigenvalue weighted by Gasteiger charge is -1.98. The molecule has 0 aliphatic heterocycles. The predicted octanol–water partition coefficient (Wildman–Crippen LogP) is 1.78. The summed E-state index contributed by atoms with van der Waals surface area (Å²) in [5.74, 6) is 0. The van der Waals surface area contributed by atoms with Crippen molar-refractivity contribution in [1.82, 2.24) is 10.3 Å². The van der Waals surface area contributed by atoms with Crippen LogP contribution in [0.5, 0.6) is 0 Å². The van der Waals surface area contributed by atoms with Crippen LogP contribution in [-0.2, 0) is 6.42 Å². The molecule has 0 aliphatic rings. The Morgan fingerprint density at radius 1 is 1.42 bits per heavy atom. The average molecular weight is 166 g/mol. The van der Waals surface area contributed by atoms with E-state index in [1.54, 1.807) is 0 Å². The summed E-state index contributed by atoms with van der Waals surface area (Å²) in [6.07, 6.45) is 2.39. The van der Waals surface area contributed by atoms with Gasteiger partial charge in [-0.1, -0.05) is 0 Å². The summed E-state index contributed by atoms with van der Waals surface area (Å²) in [7, 11) is 2.00. The highest BCUT2D eigenvalue weighted by Gasteiger charge is 2.00. The van der Waals surface area contributed by atoms with E-state index in [-0.39, 0.29) is 0 Å². The topological polar surface area (TPSA) is 27.8 Å². The zero-order valence-corrected chi connectivity index (χ0v) is 8.20. The number of aromatic nitrogens is 1. The van der Waals surface area contributed by atoms with E-state index in [0.29, 0.717) is 0 Å². The molecule has 0 spiro atoms. The molecule has 1 aromatic heterocycles. The third kappa shape index (κ3) is 2.38. The number of hydrogen-bond acceptors (Lipinski definition) is 1. The maximum atomic E-state index is 3.31. The summed E-state index contributed by atoms with van der Waals surface area (Å²) in [5.41, 5.74) is 4.05. The summed E-state index contributed by atoms with van der Waals surface area (Å²) >= 11 is 0. The van der Waals surface area contributed by atoms with Crippen molar-refractivity contribution in [1.29, 1.82) is 0 Å². The maximum Gasteiger partial charge on any atom is 0.0150 e. The van der Waals surface area contributed by atoms with E-state index in [1.165, 1.54) is 29.8 Å². The van der Waals surface area contributed by atoms with Gasteiger partial charge in [0.1, 0.15) is 0 Å². The second kappa shape index (κ2) is 4.31. The SMILES string of the molecule is CNCCCc1cc(C)[nH]c1C. The van der Waals surface area contributed by atoms with Gasteiger partial charge in [-0.05, 0) is 51.9 Å². The summed E-state index contributed by atoms with van der Waals surface area (Å²) in [6, 6.07) is 2.24.